The Bertz CT molecular complexity index is 294. The fourth-order valence-electron chi connectivity index (χ4n) is 2.28. The molecule has 0 spiro atoms. The van der Waals surface area contributed by atoms with Gasteiger partial charge < -0.3 is 14.6 Å². The predicted octanol–water partition coefficient (Wildman–Crippen LogP) is 0.779. The maximum absolute atomic E-state index is 11.9. The smallest absolute Gasteiger partial charge is 0.410 e. The first-order valence-electron chi connectivity index (χ1n) is 6.36. The number of aliphatic hydroxyl groups is 1. The summed E-state index contributed by atoms with van der Waals surface area (Å²) >= 11 is 0. The molecule has 1 amide bonds. The van der Waals surface area contributed by atoms with Gasteiger partial charge in [-0.05, 0) is 32.6 Å². The van der Waals surface area contributed by atoms with Gasteiger partial charge in [-0.15, -0.1) is 0 Å². The Morgan fingerprint density at radius 3 is 2.50 bits per heavy atom. The standard InChI is InChI=1S/C12H21NO5/c1-3-17-11(15)10-9(6-8-14)5-7-13(10)12(16)18-4-2/h9-10,14H,3-8H2,1-2H3/t9-,10+/m0/s1. The van der Waals surface area contributed by atoms with E-state index >= 15 is 0 Å². The number of ether oxygens (including phenoxy) is 2. The third-order valence-electron chi connectivity index (χ3n) is 3.05. The van der Waals surface area contributed by atoms with Crippen LogP contribution in [0.25, 0.3) is 0 Å². The number of amides is 1. The number of aliphatic hydroxyl groups excluding tert-OH is 1. The summed E-state index contributed by atoms with van der Waals surface area (Å²) in [5.74, 6) is -0.472. The van der Waals surface area contributed by atoms with Crippen molar-refractivity contribution < 1.29 is 24.2 Å². The quantitative estimate of drug-likeness (QED) is 0.738. The van der Waals surface area contributed by atoms with Gasteiger partial charge >= 0.3 is 12.1 Å². The summed E-state index contributed by atoms with van der Waals surface area (Å²) in [6.07, 6.45) is 0.679. The summed E-state index contributed by atoms with van der Waals surface area (Å²) in [5.41, 5.74) is 0. The molecule has 1 fully saturated rings. The van der Waals surface area contributed by atoms with Gasteiger partial charge in [-0.2, -0.15) is 0 Å². The minimum atomic E-state index is -0.629. The van der Waals surface area contributed by atoms with E-state index in [1.165, 1.54) is 4.90 Å². The van der Waals surface area contributed by atoms with Crippen LogP contribution in [0.15, 0.2) is 0 Å². The lowest BCUT2D eigenvalue weighted by Gasteiger charge is -2.25. The Balaban J connectivity index is 2.76. The summed E-state index contributed by atoms with van der Waals surface area (Å²) in [4.78, 5) is 25.0. The average Bonchev–Trinajstić information content (AvgIpc) is 2.74. The molecular weight excluding hydrogens is 238 g/mol. The average molecular weight is 259 g/mol. The van der Waals surface area contributed by atoms with Gasteiger partial charge in [0.15, 0.2) is 0 Å². The van der Waals surface area contributed by atoms with Gasteiger partial charge in [0.2, 0.25) is 0 Å². The minimum absolute atomic E-state index is 0.00274. The van der Waals surface area contributed by atoms with Crippen LogP contribution in [-0.4, -0.2) is 54.5 Å². The lowest BCUT2D eigenvalue weighted by atomic mass is 9.97. The Labute approximate surface area is 107 Å². The van der Waals surface area contributed by atoms with Crippen molar-refractivity contribution in [3.8, 4) is 0 Å². The van der Waals surface area contributed by atoms with Crippen LogP contribution in [0.1, 0.15) is 26.7 Å². The summed E-state index contributed by atoms with van der Waals surface area (Å²) < 4.78 is 9.92. The predicted molar refractivity (Wildman–Crippen MR) is 64.0 cm³/mol. The van der Waals surface area contributed by atoms with Crippen LogP contribution in [0.3, 0.4) is 0 Å². The molecule has 104 valence electrons. The zero-order valence-corrected chi connectivity index (χ0v) is 10.9. The van der Waals surface area contributed by atoms with Crippen molar-refractivity contribution in [2.24, 2.45) is 5.92 Å². The second-order valence-electron chi connectivity index (χ2n) is 4.15. The van der Waals surface area contributed by atoms with Gasteiger partial charge in [-0.3, -0.25) is 4.90 Å². The van der Waals surface area contributed by atoms with Gasteiger partial charge in [0, 0.05) is 13.2 Å². The van der Waals surface area contributed by atoms with Crippen molar-refractivity contribution >= 4 is 12.1 Å². The number of hydrogen-bond donors (Lipinski definition) is 1. The van der Waals surface area contributed by atoms with Crippen molar-refractivity contribution in [1.82, 2.24) is 4.90 Å². The highest BCUT2D eigenvalue weighted by molar-refractivity contribution is 5.82. The largest absolute Gasteiger partial charge is 0.464 e. The second-order valence-corrected chi connectivity index (χ2v) is 4.15. The second kappa shape index (κ2) is 7.20. The Morgan fingerprint density at radius 2 is 1.94 bits per heavy atom. The fourth-order valence-corrected chi connectivity index (χ4v) is 2.28. The molecule has 1 rings (SSSR count). The highest BCUT2D eigenvalue weighted by Gasteiger charge is 2.43. The van der Waals surface area contributed by atoms with Gasteiger partial charge in [0.25, 0.3) is 0 Å². The summed E-state index contributed by atoms with van der Waals surface area (Å²) in [5, 5.41) is 9.00. The van der Waals surface area contributed by atoms with Gasteiger partial charge in [0.1, 0.15) is 6.04 Å². The van der Waals surface area contributed by atoms with Gasteiger partial charge in [-0.1, -0.05) is 0 Å². The number of rotatable bonds is 5. The number of hydrogen-bond acceptors (Lipinski definition) is 5. The molecule has 6 nitrogen and oxygen atoms in total. The maximum atomic E-state index is 11.9. The highest BCUT2D eigenvalue weighted by Crippen LogP contribution is 2.28. The summed E-state index contributed by atoms with van der Waals surface area (Å²) in [6, 6.07) is -0.629. The number of carbonyl (C=O) groups is 2. The zero-order chi connectivity index (χ0) is 13.5. The highest BCUT2D eigenvalue weighted by atomic mass is 16.6. The first-order chi connectivity index (χ1) is 8.65. The molecule has 0 saturated carbocycles. The summed E-state index contributed by atoms with van der Waals surface area (Å²) in [6.45, 7) is 4.46. The van der Waals surface area contributed by atoms with E-state index in [0.29, 0.717) is 19.4 Å². The van der Waals surface area contributed by atoms with Crippen molar-refractivity contribution in [2.45, 2.75) is 32.7 Å². The molecule has 0 radical (unpaired) electrons. The van der Waals surface area contributed by atoms with E-state index in [0.717, 1.165) is 0 Å². The monoisotopic (exact) mass is 259 g/mol. The molecule has 1 N–H and O–H groups in total. The first kappa shape index (κ1) is 14.8. The molecule has 1 saturated heterocycles. The molecular formula is C12H21NO5. The van der Waals surface area contributed by atoms with Crippen LogP contribution >= 0.6 is 0 Å². The van der Waals surface area contributed by atoms with Crippen molar-refractivity contribution in [3.05, 3.63) is 0 Å². The van der Waals surface area contributed by atoms with E-state index in [4.69, 9.17) is 14.6 Å². The Hall–Kier alpha value is -1.30. The lowest BCUT2D eigenvalue weighted by Crippen LogP contribution is -2.44. The van der Waals surface area contributed by atoms with E-state index in [1.807, 2.05) is 0 Å². The van der Waals surface area contributed by atoms with E-state index in [2.05, 4.69) is 0 Å². The molecule has 0 aromatic carbocycles. The molecule has 1 aliphatic heterocycles. The van der Waals surface area contributed by atoms with Crippen molar-refractivity contribution in [3.63, 3.8) is 0 Å². The van der Waals surface area contributed by atoms with Crippen LogP contribution in [0.5, 0.6) is 0 Å². The van der Waals surface area contributed by atoms with Gasteiger partial charge in [-0.25, -0.2) is 9.59 Å². The molecule has 0 aromatic heterocycles. The van der Waals surface area contributed by atoms with Gasteiger partial charge in [0.05, 0.1) is 13.2 Å². The molecule has 1 heterocycles. The molecule has 0 bridgehead atoms. The number of nitrogens with zero attached hydrogens (tertiary/aromatic N) is 1. The number of esters is 1. The molecule has 0 unspecified atom stereocenters. The Kier molecular flexibility index (Phi) is 5.91. The van der Waals surface area contributed by atoms with E-state index in [-0.39, 0.29) is 25.7 Å². The van der Waals surface area contributed by atoms with Crippen LogP contribution in [-0.2, 0) is 14.3 Å². The molecule has 0 aromatic rings. The van der Waals surface area contributed by atoms with Crippen molar-refractivity contribution in [1.29, 1.82) is 0 Å². The molecule has 6 heteroatoms. The molecule has 0 aliphatic carbocycles. The minimum Gasteiger partial charge on any atom is -0.464 e. The third kappa shape index (κ3) is 3.35. The normalized spacial score (nSPS) is 22.9. The summed E-state index contributed by atoms with van der Waals surface area (Å²) in [7, 11) is 0. The number of carbonyl (C=O) groups excluding carboxylic acids is 2. The zero-order valence-electron chi connectivity index (χ0n) is 10.9. The third-order valence-corrected chi connectivity index (χ3v) is 3.05. The fraction of sp³-hybridized carbons (Fsp3) is 0.833. The first-order valence-corrected chi connectivity index (χ1v) is 6.36. The van der Waals surface area contributed by atoms with E-state index in [9.17, 15) is 9.59 Å². The van der Waals surface area contributed by atoms with Crippen LogP contribution < -0.4 is 0 Å². The van der Waals surface area contributed by atoms with Crippen LogP contribution in [0.2, 0.25) is 0 Å². The SMILES string of the molecule is CCOC(=O)[C@H]1[C@H](CCO)CCN1C(=O)OCC. The van der Waals surface area contributed by atoms with Crippen LogP contribution in [0.4, 0.5) is 4.79 Å². The maximum Gasteiger partial charge on any atom is 0.410 e. The molecule has 1 aliphatic rings. The number of likely N-dealkylation sites (tertiary alicyclic amines) is 1. The van der Waals surface area contributed by atoms with Crippen LogP contribution in [0, 0.1) is 5.92 Å². The van der Waals surface area contributed by atoms with Crippen molar-refractivity contribution in [2.75, 3.05) is 26.4 Å². The topological polar surface area (TPSA) is 76.1 Å². The van der Waals surface area contributed by atoms with E-state index in [1.54, 1.807) is 13.8 Å². The molecule has 18 heavy (non-hydrogen) atoms. The van der Waals surface area contributed by atoms with E-state index < -0.39 is 18.1 Å². The Morgan fingerprint density at radius 1 is 1.28 bits per heavy atom. The molecule has 2 atom stereocenters. The lowest BCUT2D eigenvalue weighted by molar-refractivity contribution is -0.149.